The van der Waals surface area contributed by atoms with Gasteiger partial charge < -0.3 is 14.2 Å². The van der Waals surface area contributed by atoms with Crippen LogP contribution in [-0.4, -0.2) is 37.2 Å². The van der Waals surface area contributed by atoms with E-state index in [2.05, 4.69) is 118 Å². The second kappa shape index (κ2) is 62.9. The van der Waals surface area contributed by atoms with Crippen molar-refractivity contribution in [2.24, 2.45) is 0 Å². The molecule has 1 atom stereocenters. The topological polar surface area (TPSA) is 78.9 Å². The molecule has 1 unspecified atom stereocenters. The van der Waals surface area contributed by atoms with E-state index in [9.17, 15) is 14.4 Å². The van der Waals surface area contributed by atoms with E-state index in [4.69, 9.17) is 14.2 Å². The third-order valence-electron chi connectivity index (χ3n) is 13.5. The minimum absolute atomic E-state index is 0.0827. The van der Waals surface area contributed by atoms with Crippen molar-refractivity contribution in [1.29, 1.82) is 0 Å². The maximum Gasteiger partial charge on any atom is 0.306 e. The average molecular weight is 1040 g/mol. The largest absolute Gasteiger partial charge is 0.462 e. The quantitative estimate of drug-likeness (QED) is 0.0261. The second-order valence-electron chi connectivity index (χ2n) is 20.9. The number of esters is 3. The van der Waals surface area contributed by atoms with Crippen LogP contribution in [0, 0.1) is 0 Å². The van der Waals surface area contributed by atoms with Crippen molar-refractivity contribution in [1.82, 2.24) is 0 Å². The van der Waals surface area contributed by atoms with Gasteiger partial charge in [-0.05, 0) is 116 Å². The van der Waals surface area contributed by atoms with E-state index in [1.165, 1.54) is 148 Å². The smallest absolute Gasteiger partial charge is 0.306 e. The van der Waals surface area contributed by atoms with Gasteiger partial charge in [0.2, 0.25) is 0 Å². The molecule has 0 bridgehead atoms. The Morgan fingerprint density at radius 3 is 0.867 bits per heavy atom. The van der Waals surface area contributed by atoms with Crippen molar-refractivity contribution in [3.8, 4) is 0 Å². The van der Waals surface area contributed by atoms with E-state index in [-0.39, 0.29) is 31.1 Å². The Hall–Kier alpha value is -3.67. The van der Waals surface area contributed by atoms with Crippen molar-refractivity contribution < 1.29 is 28.6 Å². The fourth-order valence-corrected chi connectivity index (χ4v) is 8.78. The van der Waals surface area contributed by atoms with Crippen molar-refractivity contribution in [2.75, 3.05) is 13.2 Å². The van der Waals surface area contributed by atoms with Gasteiger partial charge in [-0.25, -0.2) is 0 Å². The molecule has 0 rings (SSSR count). The molecule has 0 aromatic rings. The molecular formula is C69H118O6. The molecule has 0 spiro atoms. The molecule has 0 saturated carbocycles. The summed E-state index contributed by atoms with van der Waals surface area (Å²) >= 11 is 0. The highest BCUT2D eigenvalue weighted by atomic mass is 16.6. The Morgan fingerprint density at radius 1 is 0.280 bits per heavy atom. The zero-order valence-corrected chi connectivity index (χ0v) is 49.3. The number of ether oxygens (including phenoxy) is 3. The average Bonchev–Trinajstić information content (AvgIpc) is 3.41. The molecule has 0 aromatic carbocycles. The van der Waals surface area contributed by atoms with E-state index in [0.717, 1.165) is 116 Å². The second-order valence-corrected chi connectivity index (χ2v) is 20.9. The fraction of sp³-hybridized carbons (Fsp3) is 0.725. The summed E-state index contributed by atoms with van der Waals surface area (Å²) < 4.78 is 16.9. The molecule has 6 heteroatoms. The summed E-state index contributed by atoms with van der Waals surface area (Å²) in [6, 6.07) is 0. The van der Waals surface area contributed by atoms with Crippen LogP contribution < -0.4 is 0 Å². The van der Waals surface area contributed by atoms with Gasteiger partial charge in [0.25, 0.3) is 0 Å². The Labute approximate surface area is 464 Å². The van der Waals surface area contributed by atoms with Gasteiger partial charge in [0.05, 0.1) is 0 Å². The lowest BCUT2D eigenvalue weighted by atomic mass is 10.0. The molecule has 6 nitrogen and oxygen atoms in total. The first-order valence-electron chi connectivity index (χ1n) is 31.7. The van der Waals surface area contributed by atoms with E-state index >= 15 is 0 Å². The lowest BCUT2D eigenvalue weighted by Crippen LogP contribution is -2.30. The van der Waals surface area contributed by atoms with E-state index in [1.54, 1.807) is 0 Å². The van der Waals surface area contributed by atoms with Crippen LogP contribution in [0.1, 0.15) is 303 Å². The summed E-state index contributed by atoms with van der Waals surface area (Å²) in [6.45, 7) is 6.48. The molecule has 0 radical (unpaired) electrons. The number of carbonyl (C=O) groups excluding carboxylic acids is 3. The van der Waals surface area contributed by atoms with Crippen LogP contribution in [0.25, 0.3) is 0 Å². The van der Waals surface area contributed by atoms with Gasteiger partial charge in [0.15, 0.2) is 6.10 Å². The van der Waals surface area contributed by atoms with Crippen molar-refractivity contribution in [2.45, 2.75) is 309 Å². The number of carbonyl (C=O) groups is 3. The van der Waals surface area contributed by atoms with Crippen molar-refractivity contribution >= 4 is 17.9 Å². The number of allylic oxidation sites excluding steroid dienone is 16. The molecule has 0 amide bonds. The Morgan fingerprint density at radius 2 is 0.533 bits per heavy atom. The summed E-state index contributed by atoms with van der Waals surface area (Å²) in [6.07, 6.45) is 84.2. The Balaban J connectivity index is 4.20. The molecule has 0 fully saturated rings. The zero-order valence-electron chi connectivity index (χ0n) is 49.3. The number of hydrogen-bond donors (Lipinski definition) is 0. The first kappa shape index (κ1) is 71.3. The lowest BCUT2D eigenvalue weighted by molar-refractivity contribution is -0.167. The van der Waals surface area contributed by atoms with Gasteiger partial charge in [0.1, 0.15) is 13.2 Å². The van der Waals surface area contributed by atoms with Gasteiger partial charge in [-0.1, -0.05) is 266 Å². The highest BCUT2D eigenvalue weighted by Crippen LogP contribution is 2.16. The normalized spacial score (nSPS) is 12.7. The molecule has 0 aliphatic rings. The lowest BCUT2D eigenvalue weighted by Gasteiger charge is -2.18. The third-order valence-corrected chi connectivity index (χ3v) is 13.5. The summed E-state index contributed by atoms with van der Waals surface area (Å²) in [5.41, 5.74) is 0. The fourth-order valence-electron chi connectivity index (χ4n) is 8.78. The molecule has 430 valence electrons. The first-order chi connectivity index (χ1) is 37.0. The molecule has 0 heterocycles. The van der Waals surface area contributed by atoms with Crippen LogP contribution >= 0.6 is 0 Å². The maximum absolute atomic E-state index is 12.9. The molecule has 75 heavy (non-hydrogen) atoms. The van der Waals surface area contributed by atoms with Crippen LogP contribution in [0.2, 0.25) is 0 Å². The molecule has 0 aliphatic heterocycles. The summed E-state index contributed by atoms with van der Waals surface area (Å²) in [7, 11) is 0. The molecular weight excluding hydrogens is 925 g/mol. The summed E-state index contributed by atoms with van der Waals surface area (Å²) in [4.78, 5) is 38.2. The first-order valence-corrected chi connectivity index (χ1v) is 31.7. The SMILES string of the molecule is CC/C=C\C/C=C\C/C=C\C/C=C\C/C=C\C/C=C\CCCCCCCCCCCCCCC(=O)OCC(COC(=O)CCCCCCC/C=C\CCCC)OC(=O)CCCCCCC/C=C\CCCCCCCC. The highest BCUT2D eigenvalue weighted by Gasteiger charge is 2.19. The van der Waals surface area contributed by atoms with Crippen molar-refractivity contribution in [3.63, 3.8) is 0 Å². The number of unbranched alkanes of at least 4 members (excludes halogenated alkanes) is 30. The van der Waals surface area contributed by atoms with Gasteiger partial charge in [-0.3, -0.25) is 14.4 Å². The number of rotatable bonds is 57. The van der Waals surface area contributed by atoms with Gasteiger partial charge in [-0.2, -0.15) is 0 Å². The monoisotopic (exact) mass is 1040 g/mol. The van der Waals surface area contributed by atoms with E-state index in [0.29, 0.717) is 19.3 Å². The van der Waals surface area contributed by atoms with Crippen molar-refractivity contribution in [3.05, 3.63) is 97.2 Å². The summed E-state index contributed by atoms with van der Waals surface area (Å²) in [5, 5.41) is 0. The van der Waals surface area contributed by atoms with Gasteiger partial charge >= 0.3 is 17.9 Å². The predicted octanol–water partition coefficient (Wildman–Crippen LogP) is 21.7. The zero-order chi connectivity index (χ0) is 54.3. The minimum Gasteiger partial charge on any atom is -0.462 e. The maximum atomic E-state index is 12.9. The standard InChI is InChI=1S/C69H118O6/c1-4-7-10-13-16-19-22-24-26-27-28-29-30-31-32-33-34-35-36-37-38-39-40-41-43-44-47-50-53-56-59-62-68(71)74-65-66(64-73-67(70)61-58-55-52-49-46-21-18-15-12-9-6-3)75-69(72)63-60-57-54-51-48-45-42-25-23-20-17-14-11-8-5-2/h7,10,15-16,18-19,24-26,28-29,31-32,34-35,42,66H,4-6,8-9,11-14,17,20-23,27,30,33,36-41,43-65H2,1-3H3/b10-7-,18-15-,19-16-,26-24-,29-28-,32-31-,35-34-,42-25-. The molecule has 0 aromatic heterocycles. The van der Waals surface area contributed by atoms with Crippen LogP contribution in [0.15, 0.2) is 97.2 Å². The van der Waals surface area contributed by atoms with Crippen LogP contribution in [-0.2, 0) is 28.6 Å². The molecule has 0 saturated heterocycles. The summed E-state index contributed by atoms with van der Waals surface area (Å²) in [5.74, 6) is -0.895. The molecule has 0 N–H and O–H groups in total. The minimum atomic E-state index is -0.785. The van der Waals surface area contributed by atoms with Crippen LogP contribution in [0.5, 0.6) is 0 Å². The number of hydrogen-bond acceptors (Lipinski definition) is 6. The van der Waals surface area contributed by atoms with E-state index < -0.39 is 6.10 Å². The van der Waals surface area contributed by atoms with Crippen LogP contribution in [0.4, 0.5) is 0 Å². The Bertz CT molecular complexity index is 1480. The van der Waals surface area contributed by atoms with Crippen LogP contribution in [0.3, 0.4) is 0 Å². The third kappa shape index (κ3) is 61.1. The van der Waals surface area contributed by atoms with Gasteiger partial charge in [0, 0.05) is 19.3 Å². The van der Waals surface area contributed by atoms with E-state index in [1.807, 2.05) is 0 Å². The Kier molecular flexibility index (Phi) is 59.8. The predicted molar refractivity (Wildman–Crippen MR) is 325 cm³/mol. The highest BCUT2D eigenvalue weighted by molar-refractivity contribution is 5.71. The molecule has 0 aliphatic carbocycles. The van der Waals surface area contributed by atoms with Gasteiger partial charge in [-0.15, -0.1) is 0 Å².